The van der Waals surface area contributed by atoms with Crippen molar-refractivity contribution in [1.29, 1.82) is 0 Å². The molecule has 0 saturated carbocycles. The number of carbonyl (C=O) groups is 3. The van der Waals surface area contributed by atoms with Crippen LogP contribution in [-0.2, 0) is 30.2 Å². The second-order valence-corrected chi connectivity index (χ2v) is 14.3. The van der Waals surface area contributed by atoms with E-state index in [1.54, 1.807) is 46.0 Å². The molecule has 13 nitrogen and oxygen atoms in total. The van der Waals surface area contributed by atoms with E-state index in [2.05, 4.69) is 27.2 Å². The lowest BCUT2D eigenvalue weighted by atomic mass is 9.80. The Kier molecular flexibility index (Phi) is 14.0. The van der Waals surface area contributed by atoms with Gasteiger partial charge in [0.2, 0.25) is 5.91 Å². The Morgan fingerprint density at radius 3 is 1.83 bits per heavy atom. The van der Waals surface area contributed by atoms with Crippen LogP contribution in [0, 0.1) is 0 Å². The van der Waals surface area contributed by atoms with Gasteiger partial charge in [0.1, 0.15) is 17.8 Å². The van der Waals surface area contributed by atoms with Crippen LogP contribution < -0.4 is 21.8 Å². The van der Waals surface area contributed by atoms with Crippen LogP contribution in [0.1, 0.15) is 61.9 Å². The molecule has 6 N–H and O–H groups in total. The highest BCUT2D eigenvalue weighted by molar-refractivity contribution is 6.58. The van der Waals surface area contributed by atoms with E-state index in [-0.39, 0.29) is 36.3 Å². The predicted octanol–water partition coefficient (Wildman–Crippen LogP) is 5.69. The fourth-order valence-electron chi connectivity index (χ4n) is 6.94. The van der Waals surface area contributed by atoms with Crippen molar-refractivity contribution >= 4 is 47.2 Å². The molecule has 1 atom stereocenters. The summed E-state index contributed by atoms with van der Waals surface area (Å²) >= 11 is 0. The zero-order valence-corrected chi connectivity index (χ0v) is 33.2. The number of amides is 3. The SMILES string of the molecule is C=CC(=O)N1CCC[C@@H](n2nc(-c3ccc(CNC(=O)c4ccccc4C(F)(F)F)cc3)c3c(N)ncnc32)C1.O=C(NCc1ccc(B(O)O)cc1)c1ccccc1C(F)(F)F. The number of alkyl halides is 6. The second kappa shape index (κ2) is 19.3. The molecule has 1 aliphatic rings. The standard InChI is InChI=1S/C28H26F3N7O2.C15H13BF3NO3/c1-2-22(39)37-13-5-6-19(15-37)38-26-23(25(32)34-16-35-26)24(36-38)18-11-9-17(10-12-18)14-33-27(40)20-7-3-4-8-21(20)28(29,30)31;17-15(18,19)13-4-2-1-3-12(13)14(21)20-9-10-5-7-11(8-6-10)16(22)23/h2-4,7-12,16,19H,1,5-6,13-15H2,(H,33,40)(H2,32,34,35);1-8,22-23H,9H2,(H,20,21)/t19-;/m1./s1. The van der Waals surface area contributed by atoms with E-state index in [9.17, 15) is 40.7 Å². The number of fused-ring (bicyclic) bond motifs is 1. The molecule has 0 unspecified atom stereocenters. The average Bonchev–Trinajstić information content (AvgIpc) is 3.68. The summed E-state index contributed by atoms with van der Waals surface area (Å²) in [6, 6.07) is 22.2. The zero-order chi connectivity index (χ0) is 45.5. The van der Waals surface area contributed by atoms with Crippen LogP contribution in [0.25, 0.3) is 22.3 Å². The first-order valence-electron chi connectivity index (χ1n) is 19.3. The van der Waals surface area contributed by atoms with Crippen molar-refractivity contribution in [2.45, 2.75) is 44.3 Å². The van der Waals surface area contributed by atoms with E-state index >= 15 is 0 Å². The number of carbonyl (C=O) groups excluding carboxylic acids is 3. The fraction of sp³-hybridized carbons (Fsp3) is 0.209. The first-order valence-corrected chi connectivity index (χ1v) is 19.3. The van der Waals surface area contributed by atoms with Gasteiger partial charge in [-0.2, -0.15) is 31.4 Å². The lowest BCUT2D eigenvalue weighted by molar-refractivity contribution is -0.138. The number of hydrogen-bond donors (Lipinski definition) is 5. The number of halogens is 6. The third kappa shape index (κ3) is 10.9. The van der Waals surface area contributed by atoms with E-state index in [0.717, 1.165) is 42.7 Å². The Hall–Kier alpha value is -7.06. The van der Waals surface area contributed by atoms with Crippen LogP contribution in [0.15, 0.2) is 116 Å². The van der Waals surface area contributed by atoms with Gasteiger partial charge < -0.3 is 31.3 Å². The molecule has 1 aliphatic heterocycles. The Bertz CT molecular complexity index is 2600. The van der Waals surface area contributed by atoms with Crippen LogP contribution in [0.3, 0.4) is 0 Å². The van der Waals surface area contributed by atoms with Gasteiger partial charge in [-0.3, -0.25) is 14.4 Å². The van der Waals surface area contributed by atoms with Gasteiger partial charge in [0, 0.05) is 31.7 Å². The minimum atomic E-state index is -4.63. The van der Waals surface area contributed by atoms with E-state index in [0.29, 0.717) is 40.9 Å². The highest BCUT2D eigenvalue weighted by Crippen LogP contribution is 2.35. The van der Waals surface area contributed by atoms with Gasteiger partial charge in [-0.05, 0) is 59.8 Å². The number of nitrogens with two attached hydrogens (primary N) is 1. The van der Waals surface area contributed by atoms with Crippen molar-refractivity contribution in [3.8, 4) is 11.3 Å². The summed E-state index contributed by atoms with van der Waals surface area (Å²) in [5, 5.41) is 28.3. The monoisotopic (exact) mass is 872 g/mol. The maximum Gasteiger partial charge on any atom is 0.488 e. The number of likely N-dealkylation sites (tertiary alicyclic amines) is 1. The number of rotatable bonds is 10. The van der Waals surface area contributed by atoms with Gasteiger partial charge in [-0.15, -0.1) is 0 Å². The average molecular weight is 873 g/mol. The number of benzene rings is 4. The summed E-state index contributed by atoms with van der Waals surface area (Å²) in [7, 11) is -1.60. The third-order valence-electron chi connectivity index (χ3n) is 10.1. The Labute approximate surface area is 356 Å². The van der Waals surface area contributed by atoms with Gasteiger partial charge in [-0.25, -0.2) is 14.6 Å². The Morgan fingerprint density at radius 2 is 1.32 bits per heavy atom. The molecule has 3 heterocycles. The molecule has 6 aromatic rings. The zero-order valence-electron chi connectivity index (χ0n) is 33.2. The minimum absolute atomic E-state index is 0.0207. The number of nitrogens with one attached hydrogen (secondary N) is 2. The normalized spacial score (nSPS) is 14.0. The second-order valence-electron chi connectivity index (χ2n) is 14.3. The number of nitrogen functional groups attached to an aromatic ring is 1. The molecular weight excluding hydrogens is 833 g/mol. The maximum absolute atomic E-state index is 13.3. The molecule has 0 radical (unpaired) electrons. The van der Waals surface area contributed by atoms with Gasteiger partial charge in [0.25, 0.3) is 11.8 Å². The Morgan fingerprint density at radius 1 is 0.794 bits per heavy atom. The van der Waals surface area contributed by atoms with Crippen molar-refractivity contribution < 1.29 is 50.8 Å². The molecule has 326 valence electrons. The molecule has 7 rings (SSSR count). The smallest absolute Gasteiger partial charge is 0.423 e. The summed E-state index contributed by atoms with van der Waals surface area (Å²) in [6.45, 7) is 4.73. The fourth-order valence-corrected chi connectivity index (χ4v) is 6.94. The third-order valence-corrected chi connectivity index (χ3v) is 10.1. The van der Waals surface area contributed by atoms with Crippen LogP contribution in [0.4, 0.5) is 32.2 Å². The lowest BCUT2D eigenvalue weighted by Crippen LogP contribution is -2.40. The van der Waals surface area contributed by atoms with E-state index in [4.69, 9.17) is 20.9 Å². The number of nitrogens with zero attached hydrogens (tertiary/aromatic N) is 5. The number of hydrogen-bond acceptors (Lipinski definition) is 9. The molecule has 63 heavy (non-hydrogen) atoms. The molecule has 0 bridgehead atoms. The van der Waals surface area contributed by atoms with Gasteiger partial charge >= 0.3 is 19.5 Å². The molecule has 20 heteroatoms. The van der Waals surface area contributed by atoms with E-state index in [1.165, 1.54) is 48.8 Å². The molecule has 2 aromatic heterocycles. The van der Waals surface area contributed by atoms with E-state index < -0.39 is 53.5 Å². The first-order chi connectivity index (χ1) is 30.0. The van der Waals surface area contributed by atoms with Crippen LogP contribution in [0.2, 0.25) is 0 Å². The van der Waals surface area contributed by atoms with Gasteiger partial charge in [0.05, 0.1) is 33.7 Å². The minimum Gasteiger partial charge on any atom is -0.423 e. The summed E-state index contributed by atoms with van der Waals surface area (Å²) in [5.74, 6) is -1.52. The Balaban J connectivity index is 0.000000244. The highest BCUT2D eigenvalue weighted by Gasteiger charge is 2.36. The number of piperidine rings is 1. The maximum atomic E-state index is 13.3. The molecule has 1 saturated heterocycles. The van der Waals surface area contributed by atoms with E-state index in [1.807, 2.05) is 0 Å². The summed E-state index contributed by atoms with van der Waals surface area (Å²) in [5.41, 5.74) is 6.80. The van der Waals surface area contributed by atoms with Crippen molar-refractivity contribution in [2.24, 2.45) is 0 Å². The van der Waals surface area contributed by atoms with Crippen molar-refractivity contribution in [3.63, 3.8) is 0 Å². The predicted molar refractivity (Wildman–Crippen MR) is 222 cm³/mol. The number of anilines is 1. The quantitative estimate of drug-likeness (QED) is 0.0655. The summed E-state index contributed by atoms with van der Waals surface area (Å²) in [4.78, 5) is 47.0. The number of aromatic nitrogens is 4. The molecule has 4 aromatic carbocycles. The summed E-state index contributed by atoms with van der Waals surface area (Å²) < 4.78 is 80.2. The molecule has 0 aliphatic carbocycles. The van der Waals surface area contributed by atoms with Gasteiger partial charge in [-0.1, -0.05) is 79.4 Å². The lowest BCUT2D eigenvalue weighted by Gasteiger charge is -2.32. The van der Waals surface area contributed by atoms with Gasteiger partial charge in [0.15, 0.2) is 5.65 Å². The molecule has 0 spiro atoms. The van der Waals surface area contributed by atoms with Crippen molar-refractivity contribution in [3.05, 3.63) is 149 Å². The van der Waals surface area contributed by atoms with Crippen LogP contribution >= 0.6 is 0 Å². The largest absolute Gasteiger partial charge is 0.488 e. The molecule has 3 amide bonds. The topological polar surface area (TPSA) is 189 Å². The van der Waals surface area contributed by atoms with Crippen LogP contribution in [0.5, 0.6) is 0 Å². The van der Waals surface area contributed by atoms with Crippen molar-refractivity contribution in [1.82, 2.24) is 35.3 Å². The highest BCUT2D eigenvalue weighted by atomic mass is 19.4. The molecule has 1 fully saturated rings. The van der Waals surface area contributed by atoms with Crippen molar-refractivity contribution in [2.75, 3.05) is 18.8 Å². The molecular formula is C43H39BF6N8O5. The first kappa shape index (κ1) is 45.5. The van der Waals surface area contributed by atoms with Crippen LogP contribution in [-0.4, -0.2) is 72.6 Å². The summed E-state index contributed by atoms with van der Waals surface area (Å²) in [6.07, 6.45) is -4.96.